The molecule has 74 valence electrons. The number of hydrogen-bond acceptors (Lipinski definition) is 4. The van der Waals surface area contributed by atoms with Gasteiger partial charge in [0.2, 0.25) is 0 Å². The van der Waals surface area contributed by atoms with Gasteiger partial charge in [0.05, 0.1) is 12.8 Å². The third-order valence-corrected chi connectivity index (χ3v) is 2.17. The third kappa shape index (κ3) is 4.82. The Morgan fingerprint density at radius 1 is 1.62 bits per heavy atom. The normalized spacial score (nSPS) is 13.0. The molecule has 4 nitrogen and oxygen atoms in total. The Labute approximate surface area is 79.6 Å². The smallest absolute Gasteiger partial charge is 0.117 e. The minimum atomic E-state index is -1.92. The van der Waals surface area contributed by atoms with Crippen LogP contribution in [0.1, 0.15) is 12.2 Å². The molecule has 0 aliphatic rings. The van der Waals surface area contributed by atoms with Crippen LogP contribution in [0, 0.1) is 0 Å². The predicted octanol–water partition coefficient (Wildman–Crippen LogP) is 0.638. The van der Waals surface area contributed by atoms with Gasteiger partial charge in [-0.15, -0.1) is 0 Å². The zero-order valence-electron chi connectivity index (χ0n) is 7.19. The zero-order chi connectivity index (χ0) is 9.52. The zero-order valence-corrected chi connectivity index (χ0v) is 8.01. The van der Waals surface area contributed by atoms with Crippen molar-refractivity contribution in [3.8, 4) is 0 Å². The van der Waals surface area contributed by atoms with Crippen molar-refractivity contribution in [2.75, 3.05) is 12.3 Å². The largest absolute Gasteiger partial charge is 0.772 e. The van der Waals surface area contributed by atoms with Crippen LogP contribution in [0.2, 0.25) is 0 Å². The van der Waals surface area contributed by atoms with E-state index in [0.717, 1.165) is 5.76 Å². The topological polar surface area (TPSA) is 65.3 Å². The molecule has 1 aromatic heterocycles. The molecule has 0 saturated carbocycles. The van der Waals surface area contributed by atoms with E-state index in [1.54, 1.807) is 6.26 Å². The second-order valence-electron chi connectivity index (χ2n) is 2.62. The van der Waals surface area contributed by atoms with E-state index in [2.05, 4.69) is 5.32 Å². The molecule has 1 N–H and O–H groups in total. The Hall–Kier alpha value is -0.650. The highest BCUT2D eigenvalue weighted by Crippen LogP contribution is 1.98. The predicted molar refractivity (Wildman–Crippen MR) is 48.8 cm³/mol. The molecule has 0 aliphatic heterocycles. The first-order valence-electron chi connectivity index (χ1n) is 4.08. The molecule has 0 bridgehead atoms. The Kier molecular flexibility index (Phi) is 4.74. The van der Waals surface area contributed by atoms with Crippen LogP contribution in [-0.2, 0) is 17.6 Å². The summed E-state index contributed by atoms with van der Waals surface area (Å²) in [4.78, 5) is 0. The molecule has 0 fully saturated rings. The molecule has 1 aromatic rings. The van der Waals surface area contributed by atoms with Crippen LogP contribution in [0.5, 0.6) is 0 Å². The Morgan fingerprint density at radius 2 is 2.46 bits per heavy atom. The van der Waals surface area contributed by atoms with Gasteiger partial charge in [0.1, 0.15) is 5.76 Å². The lowest BCUT2D eigenvalue weighted by Gasteiger charge is -2.04. The highest BCUT2D eigenvalue weighted by atomic mass is 32.2. The first kappa shape index (κ1) is 10.4. The number of nitrogens with one attached hydrogen (secondary N) is 1. The van der Waals surface area contributed by atoms with E-state index in [1.807, 2.05) is 12.1 Å². The molecule has 1 atom stereocenters. The average molecular weight is 202 g/mol. The minimum Gasteiger partial charge on any atom is -0.772 e. The Balaban J connectivity index is 1.99. The molecule has 0 aromatic carbocycles. The summed E-state index contributed by atoms with van der Waals surface area (Å²) in [5.41, 5.74) is 0. The van der Waals surface area contributed by atoms with Crippen molar-refractivity contribution in [1.29, 1.82) is 0 Å². The number of hydrogen-bond donors (Lipinski definition) is 1. The minimum absolute atomic E-state index is 0.213. The van der Waals surface area contributed by atoms with Crippen LogP contribution in [0.15, 0.2) is 22.8 Å². The molecule has 0 saturated heterocycles. The van der Waals surface area contributed by atoms with Crippen molar-refractivity contribution in [2.45, 2.75) is 13.0 Å². The van der Waals surface area contributed by atoms with Gasteiger partial charge in [0.25, 0.3) is 0 Å². The van der Waals surface area contributed by atoms with Gasteiger partial charge >= 0.3 is 0 Å². The fourth-order valence-corrected chi connectivity index (χ4v) is 1.32. The summed E-state index contributed by atoms with van der Waals surface area (Å²) in [6.45, 7) is 1.34. The first-order valence-corrected chi connectivity index (χ1v) is 5.32. The summed E-state index contributed by atoms with van der Waals surface area (Å²) in [5, 5.41) is 3.08. The maximum absolute atomic E-state index is 10.1. The molecule has 0 aliphatic carbocycles. The van der Waals surface area contributed by atoms with Crippen LogP contribution in [-0.4, -0.2) is 21.1 Å². The average Bonchev–Trinajstić information content (AvgIpc) is 2.55. The summed E-state index contributed by atoms with van der Waals surface area (Å²) in [6, 6.07) is 3.70. The van der Waals surface area contributed by atoms with Gasteiger partial charge in [-0.25, -0.2) is 0 Å². The van der Waals surface area contributed by atoms with Crippen molar-refractivity contribution in [1.82, 2.24) is 5.32 Å². The van der Waals surface area contributed by atoms with Crippen molar-refractivity contribution in [2.24, 2.45) is 0 Å². The van der Waals surface area contributed by atoms with Crippen molar-refractivity contribution in [3.63, 3.8) is 0 Å². The number of rotatable bonds is 6. The maximum Gasteiger partial charge on any atom is 0.117 e. The molecule has 13 heavy (non-hydrogen) atoms. The highest BCUT2D eigenvalue weighted by molar-refractivity contribution is 7.79. The van der Waals surface area contributed by atoms with Gasteiger partial charge in [-0.05, 0) is 25.1 Å². The number of furan rings is 1. The maximum atomic E-state index is 10.1. The second-order valence-corrected chi connectivity index (χ2v) is 3.63. The Bertz CT molecular complexity index is 248. The van der Waals surface area contributed by atoms with E-state index in [-0.39, 0.29) is 5.75 Å². The lowest BCUT2D eigenvalue weighted by molar-refractivity contribution is 0.482. The highest BCUT2D eigenvalue weighted by Gasteiger charge is 1.93. The molecule has 0 spiro atoms. The van der Waals surface area contributed by atoms with Gasteiger partial charge in [0.15, 0.2) is 0 Å². The summed E-state index contributed by atoms with van der Waals surface area (Å²) in [5.74, 6) is 1.08. The molecular weight excluding hydrogens is 190 g/mol. The molecular formula is C8H12NO3S-. The van der Waals surface area contributed by atoms with Crippen molar-refractivity contribution >= 4 is 11.1 Å². The molecule has 1 unspecified atom stereocenters. The molecule has 0 radical (unpaired) electrons. The van der Waals surface area contributed by atoms with Crippen LogP contribution in [0.4, 0.5) is 0 Å². The van der Waals surface area contributed by atoms with Gasteiger partial charge in [0, 0.05) is 5.75 Å². The summed E-state index contributed by atoms with van der Waals surface area (Å²) in [6.07, 6.45) is 2.25. The Morgan fingerprint density at radius 3 is 3.08 bits per heavy atom. The lowest BCUT2D eigenvalue weighted by Crippen LogP contribution is -2.16. The van der Waals surface area contributed by atoms with Gasteiger partial charge < -0.3 is 14.3 Å². The lowest BCUT2D eigenvalue weighted by atomic mass is 10.4. The van der Waals surface area contributed by atoms with Crippen molar-refractivity contribution in [3.05, 3.63) is 24.2 Å². The van der Waals surface area contributed by atoms with E-state index in [9.17, 15) is 8.76 Å². The first-order chi connectivity index (χ1) is 6.29. The van der Waals surface area contributed by atoms with Crippen LogP contribution < -0.4 is 5.32 Å². The summed E-state index contributed by atoms with van der Waals surface area (Å²) < 4.78 is 25.4. The SMILES string of the molecule is O=S([O-])CCCNCc1ccco1. The standard InChI is InChI=1S/C8H13NO3S/c10-13(11)6-2-4-9-7-8-3-1-5-12-8/h1,3,5,9H,2,4,6-7H2,(H,10,11)/p-1. The van der Waals surface area contributed by atoms with E-state index < -0.39 is 11.1 Å². The van der Waals surface area contributed by atoms with Crippen LogP contribution in [0.3, 0.4) is 0 Å². The second kappa shape index (κ2) is 5.90. The molecule has 0 amide bonds. The fourth-order valence-electron chi connectivity index (χ4n) is 0.940. The molecule has 5 heteroatoms. The van der Waals surface area contributed by atoms with Gasteiger partial charge in [-0.2, -0.15) is 0 Å². The van der Waals surface area contributed by atoms with E-state index in [1.165, 1.54) is 0 Å². The fraction of sp³-hybridized carbons (Fsp3) is 0.500. The summed E-state index contributed by atoms with van der Waals surface area (Å²) in [7, 11) is 0. The third-order valence-electron chi connectivity index (χ3n) is 1.54. The van der Waals surface area contributed by atoms with E-state index in [0.29, 0.717) is 19.5 Å². The van der Waals surface area contributed by atoms with E-state index in [4.69, 9.17) is 4.42 Å². The monoisotopic (exact) mass is 202 g/mol. The van der Waals surface area contributed by atoms with Crippen LogP contribution >= 0.6 is 0 Å². The van der Waals surface area contributed by atoms with Crippen molar-refractivity contribution < 1.29 is 13.2 Å². The summed E-state index contributed by atoms with van der Waals surface area (Å²) >= 11 is -1.92. The van der Waals surface area contributed by atoms with Crippen LogP contribution in [0.25, 0.3) is 0 Å². The van der Waals surface area contributed by atoms with E-state index >= 15 is 0 Å². The van der Waals surface area contributed by atoms with Gasteiger partial charge in [-0.1, -0.05) is 11.1 Å². The quantitative estimate of drug-likeness (QED) is 0.543. The van der Waals surface area contributed by atoms with Gasteiger partial charge in [-0.3, -0.25) is 4.21 Å². The molecule has 1 rings (SSSR count). The molecule has 1 heterocycles.